The van der Waals surface area contributed by atoms with E-state index < -0.39 is 16.1 Å². The van der Waals surface area contributed by atoms with Gasteiger partial charge < -0.3 is 4.74 Å². The first-order valence-corrected chi connectivity index (χ1v) is 12.8. The van der Waals surface area contributed by atoms with Crippen LogP contribution in [0.5, 0.6) is 5.75 Å². The molecule has 0 aromatic heterocycles. The number of benzene rings is 3. The summed E-state index contributed by atoms with van der Waals surface area (Å²) < 4.78 is 7.29. The minimum atomic E-state index is -0.503. The van der Waals surface area contributed by atoms with Gasteiger partial charge in [-0.1, -0.05) is 35.9 Å². The molecule has 0 atom stereocenters. The second kappa shape index (κ2) is 10.9. The van der Waals surface area contributed by atoms with E-state index in [0.717, 1.165) is 22.2 Å². The Labute approximate surface area is 226 Å². The fourth-order valence-electron chi connectivity index (χ4n) is 3.23. The molecule has 0 N–H and O–H groups in total. The largest absolute Gasteiger partial charge is 0.487 e. The van der Waals surface area contributed by atoms with Crippen molar-refractivity contribution in [2.24, 2.45) is 0 Å². The maximum Gasteiger partial charge on any atom is 0.293 e. The number of imide groups is 1. The lowest BCUT2D eigenvalue weighted by molar-refractivity contribution is -0.384. The third-order valence-electron chi connectivity index (χ3n) is 4.98. The molecule has 0 radical (unpaired) electrons. The van der Waals surface area contributed by atoms with Crippen LogP contribution in [0.4, 0.5) is 10.5 Å². The summed E-state index contributed by atoms with van der Waals surface area (Å²) in [5.74, 6) is 0.178. The molecular weight excluding hydrogens is 624 g/mol. The van der Waals surface area contributed by atoms with Crippen LogP contribution < -0.4 is 4.74 Å². The van der Waals surface area contributed by atoms with Crippen LogP contribution in [-0.2, 0) is 17.9 Å². The van der Waals surface area contributed by atoms with E-state index in [1.165, 1.54) is 24.3 Å². The molecule has 4 rings (SSSR count). The minimum Gasteiger partial charge on any atom is -0.487 e. The van der Waals surface area contributed by atoms with Gasteiger partial charge in [-0.2, -0.15) is 0 Å². The van der Waals surface area contributed by atoms with Gasteiger partial charge in [-0.3, -0.25) is 24.6 Å². The first-order valence-electron chi connectivity index (χ1n) is 10.1. The molecule has 11 heteroatoms. The Morgan fingerprint density at radius 1 is 1.00 bits per heavy atom. The summed E-state index contributed by atoms with van der Waals surface area (Å²) in [6.45, 7) is 0.375. The highest BCUT2D eigenvalue weighted by Gasteiger charge is 2.35. The van der Waals surface area contributed by atoms with E-state index in [1.54, 1.807) is 30.3 Å². The number of ether oxygens (including phenoxy) is 1. The van der Waals surface area contributed by atoms with E-state index >= 15 is 0 Å². The van der Waals surface area contributed by atoms with Crippen molar-refractivity contribution in [3.05, 3.63) is 106 Å². The fraction of sp³-hybridized carbons (Fsp3) is 0.0833. The van der Waals surface area contributed by atoms with E-state index in [9.17, 15) is 19.7 Å². The highest BCUT2D eigenvalue weighted by molar-refractivity contribution is 9.11. The number of carbonyl (C=O) groups excluding carboxylic acids is 2. The molecule has 0 saturated carbocycles. The maximum atomic E-state index is 12.9. The number of hydrogen-bond donors (Lipinski definition) is 0. The first kappa shape index (κ1) is 25.4. The predicted octanol–water partition coefficient (Wildman–Crippen LogP) is 7.59. The number of thioether (sulfide) groups is 1. The lowest BCUT2D eigenvalue weighted by Crippen LogP contribution is -2.27. The molecule has 35 heavy (non-hydrogen) atoms. The number of amides is 2. The van der Waals surface area contributed by atoms with Crippen LogP contribution in [0.2, 0.25) is 5.02 Å². The quantitative estimate of drug-likeness (QED) is 0.151. The van der Waals surface area contributed by atoms with Crippen molar-refractivity contribution in [1.82, 2.24) is 4.90 Å². The average Bonchev–Trinajstić information content (AvgIpc) is 3.07. The molecule has 3 aromatic rings. The van der Waals surface area contributed by atoms with Gasteiger partial charge in [0.2, 0.25) is 0 Å². The molecule has 0 aliphatic carbocycles. The van der Waals surface area contributed by atoms with Crippen molar-refractivity contribution in [2.75, 3.05) is 0 Å². The number of rotatable bonds is 7. The lowest BCUT2D eigenvalue weighted by Gasteiger charge is -2.12. The summed E-state index contributed by atoms with van der Waals surface area (Å²) in [5.41, 5.74) is 2.22. The van der Waals surface area contributed by atoms with Gasteiger partial charge in [0.25, 0.3) is 16.8 Å². The van der Waals surface area contributed by atoms with Crippen molar-refractivity contribution < 1.29 is 19.2 Å². The van der Waals surface area contributed by atoms with Crippen LogP contribution in [0.25, 0.3) is 6.08 Å². The van der Waals surface area contributed by atoms with Crippen molar-refractivity contribution in [1.29, 1.82) is 0 Å². The van der Waals surface area contributed by atoms with Crippen LogP contribution >= 0.6 is 55.2 Å². The highest BCUT2D eigenvalue weighted by atomic mass is 79.9. The molecule has 178 valence electrons. The van der Waals surface area contributed by atoms with E-state index in [2.05, 4.69) is 31.9 Å². The molecule has 1 heterocycles. The minimum absolute atomic E-state index is 0.0326. The van der Waals surface area contributed by atoms with Gasteiger partial charge in [-0.25, -0.2) is 0 Å². The third-order valence-corrected chi connectivity index (χ3v) is 7.31. The van der Waals surface area contributed by atoms with E-state index in [0.29, 0.717) is 37.5 Å². The van der Waals surface area contributed by atoms with Crippen LogP contribution in [0, 0.1) is 10.1 Å². The fourth-order valence-corrected chi connectivity index (χ4v) is 5.65. The monoisotopic (exact) mass is 636 g/mol. The van der Waals surface area contributed by atoms with Crippen molar-refractivity contribution in [2.45, 2.75) is 13.2 Å². The number of nitrogens with zero attached hydrogens (tertiary/aromatic N) is 2. The van der Waals surface area contributed by atoms with Gasteiger partial charge in [0, 0.05) is 17.2 Å². The van der Waals surface area contributed by atoms with Gasteiger partial charge in [0.05, 0.1) is 25.3 Å². The lowest BCUT2D eigenvalue weighted by atomic mass is 10.2. The molecule has 1 fully saturated rings. The molecular formula is C24H15Br2ClN2O5S. The van der Waals surface area contributed by atoms with Gasteiger partial charge in [0.15, 0.2) is 0 Å². The maximum absolute atomic E-state index is 12.9. The van der Waals surface area contributed by atoms with Gasteiger partial charge in [-0.15, -0.1) is 0 Å². The topological polar surface area (TPSA) is 89.8 Å². The summed E-state index contributed by atoms with van der Waals surface area (Å²) >= 11 is 13.8. The second-order valence-corrected chi connectivity index (χ2v) is 10.6. The highest BCUT2D eigenvalue weighted by Crippen LogP contribution is 2.38. The standard InChI is InChI=1S/C24H15Br2ClN2O5S/c25-19-9-16(10-20(26)22(19)34-13-15-1-5-17(27)6-2-15)11-21-23(30)28(24(31)35-21)12-14-3-7-18(8-4-14)29(32)33/h1-11H,12-13H2/b21-11+. The van der Waals surface area contributed by atoms with Crippen LogP contribution in [-0.4, -0.2) is 21.0 Å². The number of nitro benzene ring substituents is 1. The number of carbonyl (C=O) groups is 2. The Morgan fingerprint density at radius 2 is 1.60 bits per heavy atom. The van der Waals surface area contributed by atoms with Gasteiger partial charge in [0.1, 0.15) is 12.4 Å². The van der Waals surface area contributed by atoms with Gasteiger partial charge >= 0.3 is 0 Å². The zero-order chi connectivity index (χ0) is 25.1. The second-order valence-electron chi connectivity index (χ2n) is 7.42. The number of halogens is 3. The summed E-state index contributed by atoms with van der Waals surface area (Å²) in [6.07, 6.45) is 1.64. The molecule has 0 unspecified atom stereocenters. The Morgan fingerprint density at radius 3 is 2.20 bits per heavy atom. The SMILES string of the molecule is O=C1S/C(=C/c2cc(Br)c(OCc3ccc(Cl)cc3)c(Br)c2)C(=O)N1Cc1ccc([N+](=O)[O-])cc1. The summed E-state index contributed by atoms with van der Waals surface area (Å²) in [5, 5.41) is 11.1. The van der Waals surface area contributed by atoms with Gasteiger partial charge in [-0.05, 0) is 90.7 Å². The van der Waals surface area contributed by atoms with Crippen LogP contribution in [0.1, 0.15) is 16.7 Å². The Bertz CT molecular complexity index is 1320. The zero-order valence-corrected chi connectivity index (χ0v) is 22.5. The smallest absolute Gasteiger partial charge is 0.293 e. The third kappa shape index (κ3) is 6.13. The molecule has 0 spiro atoms. The van der Waals surface area contributed by atoms with Crippen LogP contribution in [0.15, 0.2) is 74.5 Å². The number of hydrogen-bond acceptors (Lipinski definition) is 6. The molecule has 7 nitrogen and oxygen atoms in total. The zero-order valence-electron chi connectivity index (χ0n) is 17.7. The Balaban J connectivity index is 1.47. The molecule has 1 aliphatic heterocycles. The normalized spacial score (nSPS) is 14.6. The number of non-ortho nitro benzene ring substituents is 1. The van der Waals surface area contributed by atoms with E-state index in [1.807, 2.05) is 12.1 Å². The molecule has 0 bridgehead atoms. The number of nitro groups is 1. The summed E-state index contributed by atoms with van der Waals surface area (Å²) in [7, 11) is 0. The Kier molecular flexibility index (Phi) is 7.95. The molecule has 3 aromatic carbocycles. The average molecular weight is 639 g/mol. The van der Waals surface area contributed by atoms with Crippen LogP contribution in [0.3, 0.4) is 0 Å². The molecule has 1 saturated heterocycles. The first-order chi connectivity index (χ1) is 16.7. The predicted molar refractivity (Wildman–Crippen MR) is 142 cm³/mol. The Hall–Kier alpha value is -2.66. The van der Waals surface area contributed by atoms with Crippen molar-refractivity contribution in [3.63, 3.8) is 0 Å². The molecule has 2 amide bonds. The summed E-state index contributed by atoms with van der Waals surface area (Å²) in [4.78, 5) is 37.0. The summed E-state index contributed by atoms with van der Waals surface area (Å²) in [6, 6.07) is 16.7. The molecule has 1 aliphatic rings. The van der Waals surface area contributed by atoms with Crippen molar-refractivity contribution >= 4 is 78.1 Å². The van der Waals surface area contributed by atoms with E-state index in [4.69, 9.17) is 16.3 Å². The van der Waals surface area contributed by atoms with E-state index in [-0.39, 0.29) is 17.1 Å². The van der Waals surface area contributed by atoms with Crippen molar-refractivity contribution in [3.8, 4) is 5.75 Å².